The van der Waals surface area contributed by atoms with Crippen LogP contribution >= 0.6 is 7.82 Å². The number of hydrogen-bond donors (Lipinski definition) is 0. The van der Waals surface area contributed by atoms with Crippen molar-refractivity contribution in [3.63, 3.8) is 0 Å². The quantitative estimate of drug-likeness (QED) is 0.280. The van der Waals surface area contributed by atoms with Crippen molar-refractivity contribution in [1.82, 2.24) is 0 Å². The van der Waals surface area contributed by atoms with E-state index in [-0.39, 0.29) is 65.4 Å². The summed E-state index contributed by atoms with van der Waals surface area (Å²) in [6.07, 6.45) is 0. The minimum Gasteiger partial charge on any atom is -0.822 e. The van der Waals surface area contributed by atoms with E-state index in [1.807, 2.05) is 0 Å². The van der Waals surface area contributed by atoms with Gasteiger partial charge in [0.15, 0.2) is 0 Å². The predicted octanol–water partition coefficient (Wildman–Crippen LogP) is -10.7. The first kappa shape index (κ1) is 29.2. The van der Waals surface area contributed by atoms with Gasteiger partial charge in [0.25, 0.3) is 0 Å². The molecule has 0 unspecified atom stereocenters. The molecule has 0 amide bonds. The molecule has 0 aliphatic carbocycles. The van der Waals surface area contributed by atoms with Crippen molar-refractivity contribution in [2.24, 2.45) is 0 Å². The van der Waals surface area contributed by atoms with Crippen LogP contribution in [0.2, 0.25) is 19.6 Å². The molecule has 0 aromatic heterocycles. The molecule has 0 aliphatic rings. The van der Waals surface area contributed by atoms with Gasteiger partial charge in [0, 0.05) is 8.80 Å². The largest absolute Gasteiger partial charge is 1.00 e. The molecule has 0 rings (SSSR count). The molecule has 0 saturated carbocycles. The van der Waals surface area contributed by atoms with Crippen molar-refractivity contribution in [1.29, 1.82) is 0 Å². The van der Waals surface area contributed by atoms with Gasteiger partial charge >= 0.3 is 56.6 Å². The molecule has 12 heavy (non-hydrogen) atoms. The summed E-state index contributed by atoms with van der Waals surface area (Å²) in [4.78, 5) is 25.6. The van der Waals surface area contributed by atoms with Gasteiger partial charge in [0.05, 0.1) is 0 Å². The van der Waals surface area contributed by atoms with Gasteiger partial charge in [-0.3, -0.25) is 0 Å². The van der Waals surface area contributed by atoms with Crippen molar-refractivity contribution in [3.8, 4) is 0 Å². The Hall–Kier alpha value is 2.12. The Kier molecular flexibility index (Phi) is 38.0. The second-order valence-electron chi connectivity index (χ2n) is 2.18. The fraction of sp³-hybridized carbons (Fsp3) is 1.00. The van der Waals surface area contributed by atoms with Gasteiger partial charge in [-0.05, 0) is 0 Å². The van der Waals surface area contributed by atoms with Crippen LogP contribution in [0.15, 0.2) is 0 Å². The minimum absolute atomic E-state index is 0. The van der Waals surface area contributed by atoms with Crippen molar-refractivity contribution in [3.05, 3.63) is 0 Å². The average Bonchev–Trinajstić information content (AvgIpc) is 1.19. The van der Waals surface area contributed by atoms with Crippen LogP contribution in [0.3, 0.4) is 0 Å². The molecular formula is C3H10Li3O4PSi. The monoisotopic (exact) mass is 190 g/mol. The first-order chi connectivity index (χ1) is 3.73. The van der Waals surface area contributed by atoms with Crippen LogP contribution in [-0.4, -0.2) is 8.80 Å². The SMILES string of the molecule is C[SiH](C)C.O=P([O-])([O-])[O-].[Li+].[Li+].[Li+]. The van der Waals surface area contributed by atoms with Gasteiger partial charge in [-0.1, -0.05) is 19.6 Å². The summed E-state index contributed by atoms with van der Waals surface area (Å²) in [7, 11) is -5.53. The Morgan fingerprint density at radius 2 is 0.917 bits per heavy atom. The molecule has 0 radical (unpaired) electrons. The Balaban J connectivity index is -0.0000000221. The molecule has 0 N–H and O–H groups in total. The zero-order valence-corrected chi connectivity index (χ0v) is 10.7. The van der Waals surface area contributed by atoms with Crippen molar-refractivity contribution < 1.29 is 75.8 Å². The van der Waals surface area contributed by atoms with Gasteiger partial charge in [-0.2, -0.15) is 7.82 Å². The maximum Gasteiger partial charge on any atom is 1.00 e. The molecule has 0 bridgehead atoms. The van der Waals surface area contributed by atoms with E-state index < -0.39 is 7.82 Å². The summed E-state index contributed by atoms with van der Waals surface area (Å²) in [6.45, 7) is 6.92. The van der Waals surface area contributed by atoms with Crippen LogP contribution in [0.25, 0.3) is 0 Å². The first-order valence-electron chi connectivity index (χ1n) is 2.46. The van der Waals surface area contributed by atoms with Crippen LogP contribution < -0.4 is 71.3 Å². The molecule has 4 nitrogen and oxygen atoms in total. The van der Waals surface area contributed by atoms with E-state index in [0.717, 1.165) is 0 Å². The Morgan fingerprint density at radius 3 is 0.917 bits per heavy atom. The maximum atomic E-state index is 8.55. The second-order valence-corrected chi connectivity index (χ2v) is 6.54. The smallest absolute Gasteiger partial charge is 0.822 e. The maximum absolute atomic E-state index is 8.55. The third-order valence-corrected chi connectivity index (χ3v) is 0. The van der Waals surface area contributed by atoms with E-state index in [2.05, 4.69) is 19.6 Å². The summed E-state index contributed by atoms with van der Waals surface area (Å²) < 4.78 is 8.55. The molecule has 58 valence electrons. The summed E-state index contributed by atoms with van der Waals surface area (Å²) in [5, 5.41) is 0. The Labute approximate surface area is 111 Å². The molecule has 9 heteroatoms. The van der Waals surface area contributed by atoms with Gasteiger partial charge in [-0.25, -0.2) is 0 Å². The van der Waals surface area contributed by atoms with Gasteiger partial charge in [0.1, 0.15) is 0 Å². The van der Waals surface area contributed by atoms with Crippen LogP contribution in [0.5, 0.6) is 0 Å². The Bertz CT molecular complexity index is 96.7. The molecule has 0 saturated heterocycles. The van der Waals surface area contributed by atoms with E-state index >= 15 is 0 Å². The molecular weight excluding hydrogens is 180 g/mol. The molecule has 0 atom stereocenters. The fourth-order valence-electron chi connectivity index (χ4n) is 0. The van der Waals surface area contributed by atoms with Crippen LogP contribution in [-0.2, 0) is 4.57 Å². The van der Waals surface area contributed by atoms with Gasteiger partial charge in [0.2, 0.25) is 0 Å². The average molecular weight is 190 g/mol. The van der Waals surface area contributed by atoms with Crippen LogP contribution in [0.4, 0.5) is 0 Å². The summed E-state index contributed by atoms with van der Waals surface area (Å²) in [5.41, 5.74) is 0. The van der Waals surface area contributed by atoms with E-state index in [0.29, 0.717) is 0 Å². The predicted molar refractivity (Wildman–Crippen MR) is 32.3 cm³/mol. The standard InChI is InChI=1S/C3H10Si.3Li.H3O4P/c1-4(2)3;;;;1-5(2,3)4/h4H,1-3H3;;;;(H3,1,2,3,4)/q;3*+1;/p-3. The van der Waals surface area contributed by atoms with E-state index in [1.165, 1.54) is 0 Å². The van der Waals surface area contributed by atoms with Crippen molar-refractivity contribution in [2.75, 3.05) is 0 Å². The molecule has 0 aromatic carbocycles. The summed E-state index contributed by atoms with van der Waals surface area (Å²) in [6, 6.07) is 0. The van der Waals surface area contributed by atoms with Gasteiger partial charge in [-0.15, -0.1) is 0 Å². The number of hydrogen-bond acceptors (Lipinski definition) is 4. The topological polar surface area (TPSA) is 86.2 Å². The van der Waals surface area contributed by atoms with Crippen molar-refractivity contribution >= 4 is 16.6 Å². The first-order valence-corrected chi connectivity index (χ1v) is 7.39. The molecule has 0 aliphatic heterocycles. The number of rotatable bonds is 0. The zero-order valence-electron chi connectivity index (χ0n) is 8.66. The molecule has 0 heterocycles. The Morgan fingerprint density at radius 1 is 0.917 bits per heavy atom. The van der Waals surface area contributed by atoms with Gasteiger partial charge < -0.3 is 19.2 Å². The summed E-state index contributed by atoms with van der Waals surface area (Å²) in [5.74, 6) is 0. The second kappa shape index (κ2) is 15.6. The molecule has 0 aromatic rings. The van der Waals surface area contributed by atoms with Crippen molar-refractivity contribution in [2.45, 2.75) is 19.6 Å². The molecule has 0 fully saturated rings. The molecule has 0 spiro atoms. The number of phosphoric acid groups is 1. The van der Waals surface area contributed by atoms with E-state index in [9.17, 15) is 0 Å². The van der Waals surface area contributed by atoms with Crippen LogP contribution in [0, 0.1) is 0 Å². The third kappa shape index (κ3) is 334. The zero-order chi connectivity index (χ0) is 8.08. The van der Waals surface area contributed by atoms with Crippen LogP contribution in [0.1, 0.15) is 0 Å². The minimum atomic E-state index is -5.39. The fourth-order valence-corrected chi connectivity index (χ4v) is 0. The van der Waals surface area contributed by atoms with E-state index in [4.69, 9.17) is 19.2 Å². The normalized spacial score (nSPS) is 7.92. The van der Waals surface area contributed by atoms with E-state index in [1.54, 1.807) is 0 Å². The summed E-state index contributed by atoms with van der Waals surface area (Å²) >= 11 is 0. The third-order valence-electron chi connectivity index (χ3n) is 0.